The highest BCUT2D eigenvalue weighted by atomic mass is 35.5. The lowest BCUT2D eigenvalue weighted by Gasteiger charge is -2.14. The summed E-state index contributed by atoms with van der Waals surface area (Å²) in [6, 6.07) is 6.40. The van der Waals surface area contributed by atoms with Gasteiger partial charge in [0.2, 0.25) is 5.91 Å². The number of carbonyl (C=O) groups is 1. The van der Waals surface area contributed by atoms with Gasteiger partial charge in [-0.1, -0.05) is 55.2 Å². The minimum absolute atomic E-state index is 0.186. The maximum Gasteiger partial charge on any atom is 0.251 e. The van der Waals surface area contributed by atoms with Crippen LogP contribution in [0.4, 0.5) is 5.69 Å². The monoisotopic (exact) mass is 399 g/mol. The molecule has 0 saturated carbocycles. The normalized spacial score (nSPS) is 12.0. The van der Waals surface area contributed by atoms with Crippen molar-refractivity contribution in [1.82, 2.24) is 9.97 Å². The van der Waals surface area contributed by atoms with E-state index in [1.165, 1.54) is 17.8 Å². The Hall–Kier alpha value is -1.50. The molecular formula is C17H19Cl2N3O2S. The molecule has 0 fully saturated rings. The predicted octanol–water partition coefficient (Wildman–Crippen LogP) is 4.54. The molecule has 1 atom stereocenters. The van der Waals surface area contributed by atoms with Crippen molar-refractivity contribution in [3.8, 4) is 0 Å². The van der Waals surface area contributed by atoms with Gasteiger partial charge in [-0.2, -0.15) is 0 Å². The predicted molar refractivity (Wildman–Crippen MR) is 104 cm³/mol. The first-order valence-electron chi connectivity index (χ1n) is 7.95. The Kier molecular flexibility index (Phi) is 7.35. The average molecular weight is 400 g/mol. The largest absolute Gasteiger partial charge is 0.325 e. The third-order valence-electron chi connectivity index (χ3n) is 3.38. The van der Waals surface area contributed by atoms with Crippen molar-refractivity contribution in [2.45, 2.75) is 43.5 Å². The molecule has 1 aromatic heterocycles. The number of halogens is 2. The fourth-order valence-electron chi connectivity index (χ4n) is 2.18. The lowest BCUT2D eigenvalue weighted by Crippen LogP contribution is -2.25. The van der Waals surface area contributed by atoms with Crippen LogP contribution in [0.25, 0.3) is 0 Å². The highest BCUT2D eigenvalue weighted by Gasteiger charge is 2.20. The zero-order chi connectivity index (χ0) is 18.4. The van der Waals surface area contributed by atoms with Crippen LogP contribution in [0.3, 0.4) is 0 Å². The van der Waals surface area contributed by atoms with Crippen LogP contribution in [-0.2, 0) is 11.2 Å². The molecule has 2 aromatic rings. The summed E-state index contributed by atoms with van der Waals surface area (Å²) in [6.07, 6.45) is 2.21. The second-order valence-electron chi connectivity index (χ2n) is 5.42. The van der Waals surface area contributed by atoms with Gasteiger partial charge in [-0.15, -0.1) is 0 Å². The number of H-pyrrole nitrogens is 1. The molecule has 0 spiro atoms. The lowest BCUT2D eigenvalue weighted by atomic mass is 10.2. The number of carbonyl (C=O) groups excluding carboxylic acids is 1. The number of rotatable bonds is 7. The molecular weight excluding hydrogens is 381 g/mol. The molecule has 25 heavy (non-hydrogen) atoms. The summed E-state index contributed by atoms with van der Waals surface area (Å²) in [7, 11) is 0. The summed E-state index contributed by atoms with van der Waals surface area (Å²) < 4.78 is 0. The van der Waals surface area contributed by atoms with Crippen LogP contribution in [0.5, 0.6) is 0 Å². The summed E-state index contributed by atoms with van der Waals surface area (Å²) in [5.74, 6) is -0.186. The molecule has 0 saturated heterocycles. The Bertz CT molecular complexity index is 811. The van der Waals surface area contributed by atoms with Gasteiger partial charge in [0.25, 0.3) is 5.56 Å². The molecule has 2 N–H and O–H groups in total. The number of nitrogens with one attached hydrogen (secondary N) is 2. The number of amides is 1. The van der Waals surface area contributed by atoms with E-state index < -0.39 is 5.25 Å². The van der Waals surface area contributed by atoms with Gasteiger partial charge in [0.15, 0.2) is 5.16 Å². The van der Waals surface area contributed by atoms with E-state index in [0.717, 1.165) is 18.5 Å². The molecule has 0 radical (unpaired) electrons. The smallest absolute Gasteiger partial charge is 0.251 e. The number of aromatic nitrogens is 2. The van der Waals surface area contributed by atoms with Crippen molar-refractivity contribution in [3.05, 3.63) is 50.4 Å². The molecule has 0 bridgehead atoms. The summed E-state index contributed by atoms with van der Waals surface area (Å²) in [5.41, 5.74) is 1.09. The average Bonchev–Trinajstić information content (AvgIpc) is 2.55. The second kappa shape index (κ2) is 9.27. The van der Waals surface area contributed by atoms with Crippen LogP contribution in [0.2, 0.25) is 10.0 Å². The molecule has 134 valence electrons. The number of hydrogen-bond donors (Lipinski definition) is 2. The first-order valence-corrected chi connectivity index (χ1v) is 9.59. The lowest BCUT2D eigenvalue weighted by molar-refractivity contribution is -0.115. The first-order chi connectivity index (χ1) is 11.9. The zero-order valence-corrected chi connectivity index (χ0v) is 16.3. The Balaban J connectivity index is 2.12. The number of nitrogens with zero attached hydrogens (tertiary/aromatic N) is 1. The van der Waals surface area contributed by atoms with E-state index >= 15 is 0 Å². The van der Waals surface area contributed by atoms with Crippen molar-refractivity contribution in [2.75, 3.05) is 5.32 Å². The molecule has 0 aliphatic heterocycles. The minimum atomic E-state index is -0.394. The van der Waals surface area contributed by atoms with Gasteiger partial charge >= 0.3 is 0 Å². The van der Waals surface area contributed by atoms with Crippen LogP contribution in [0, 0.1) is 0 Å². The van der Waals surface area contributed by atoms with Crippen LogP contribution in [-0.4, -0.2) is 21.1 Å². The number of aromatic amines is 1. The SMILES string of the molecule is CCCc1cc(=O)[nH]c(SC(CC)C(=O)Nc2ccc(Cl)c(Cl)c2)n1. The van der Waals surface area contributed by atoms with E-state index in [9.17, 15) is 9.59 Å². The molecule has 1 heterocycles. The van der Waals surface area contributed by atoms with Crippen molar-refractivity contribution in [1.29, 1.82) is 0 Å². The summed E-state index contributed by atoms with van der Waals surface area (Å²) >= 11 is 13.1. The van der Waals surface area contributed by atoms with Gasteiger partial charge in [-0.05, 0) is 31.0 Å². The standard InChI is InChI=1S/C17H19Cl2N3O2S/c1-3-5-10-9-15(23)22-17(21-10)25-14(4-2)16(24)20-11-6-7-12(18)13(19)8-11/h6-9,14H,3-5H2,1-2H3,(H,20,24)(H,21,22,23). The van der Waals surface area contributed by atoms with Crippen molar-refractivity contribution in [2.24, 2.45) is 0 Å². The maximum absolute atomic E-state index is 12.5. The quantitative estimate of drug-likeness (QED) is 0.529. The van der Waals surface area contributed by atoms with Crippen LogP contribution < -0.4 is 10.9 Å². The second-order valence-corrected chi connectivity index (χ2v) is 7.43. The summed E-state index contributed by atoms with van der Waals surface area (Å²) in [6.45, 7) is 3.93. The van der Waals surface area contributed by atoms with Gasteiger partial charge in [0.05, 0.1) is 15.3 Å². The van der Waals surface area contributed by atoms with Gasteiger partial charge in [0, 0.05) is 17.4 Å². The third-order valence-corrected chi connectivity index (χ3v) is 5.37. The fourth-order valence-corrected chi connectivity index (χ4v) is 3.41. The molecule has 1 amide bonds. The van der Waals surface area contributed by atoms with Crippen molar-refractivity contribution >= 4 is 46.6 Å². The highest BCUT2D eigenvalue weighted by molar-refractivity contribution is 8.00. The molecule has 1 unspecified atom stereocenters. The third kappa shape index (κ3) is 5.76. The van der Waals surface area contributed by atoms with Crippen molar-refractivity contribution < 1.29 is 4.79 Å². The van der Waals surface area contributed by atoms with E-state index in [0.29, 0.717) is 27.3 Å². The maximum atomic E-state index is 12.5. The summed E-state index contributed by atoms with van der Waals surface area (Å²) in [4.78, 5) is 31.4. The fraction of sp³-hybridized carbons (Fsp3) is 0.353. The van der Waals surface area contributed by atoms with Gasteiger partial charge in [0.1, 0.15) is 0 Å². The molecule has 5 nitrogen and oxygen atoms in total. The van der Waals surface area contributed by atoms with E-state index in [2.05, 4.69) is 15.3 Å². The Labute approximate surface area is 160 Å². The van der Waals surface area contributed by atoms with E-state index in [4.69, 9.17) is 23.2 Å². The van der Waals surface area contributed by atoms with Crippen molar-refractivity contribution in [3.63, 3.8) is 0 Å². The molecule has 2 rings (SSSR count). The number of benzene rings is 1. The Morgan fingerprint density at radius 1 is 1.28 bits per heavy atom. The highest BCUT2D eigenvalue weighted by Crippen LogP contribution is 2.27. The topological polar surface area (TPSA) is 74.8 Å². The van der Waals surface area contributed by atoms with E-state index in [1.54, 1.807) is 18.2 Å². The number of aryl methyl sites for hydroxylation is 1. The zero-order valence-electron chi connectivity index (χ0n) is 13.9. The molecule has 0 aliphatic carbocycles. The first kappa shape index (κ1) is 19.8. The Morgan fingerprint density at radius 2 is 2.04 bits per heavy atom. The minimum Gasteiger partial charge on any atom is -0.325 e. The number of anilines is 1. The van der Waals surface area contributed by atoms with Crippen LogP contribution in [0.1, 0.15) is 32.4 Å². The number of hydrogen-bond acceptors (Lipinski definition) is 4. The molecule has 8 heteroatoms. The Morgan fingerprint density at radius 3 is 2.68 bits per heavy atom. The van der Waals surface area contributed by atoms with Gasteiger partial charge in [-0.25, -0.2) is 4.98 Å². The number of thioether (sulfide) groups is 1. The van der Waals surface area contributed by atoms with Gasteiger partial charge < -0.3 is 10.3 Å². The molecule has 1 aromatic carbocycles. The van der Waals surface area contributed by atoms with Gasteiger partial charge in [-0.3, -0.25) is 9.59 Å². The molecule has 0 aliphatic rings. The van der Waals surface area contributed by atoms with Crippen LogP contribution in [0.15, 0.2) is 34.2 Å². The summed E-state index contributed by atoms with van der Waals surface area (Å²) in [5, 5.41) is 3.67. The van der Waals surface area contributed by atoms with Crippen LogP contribution >= 0.6 is 35.0 Å². The van der Waals surface area contributed by atoms with E-state index in [1.807, 2.05) is 13.8 Å². The van der Waals surface area contributed by atoms with E-state index in [-0.39, 0.29) is 11.5 Å².